The zero-order valence-corrected chi connectivity index (χ0v) is 30.1. The lowest BCUT2D eigenvalue weighted by atomic mass is 9.86. The van der Waals surface area contributed by atoms with E-state index in [2.05, 4.69) is 27.1 Å². The number of nitrogens with zero attached hydrogens (tertiary/aromatic N) is 4. The van der Waals surface area contributed by atoms with E-state index in [9.17, 15) is 40.3 Å². The third kappa shape index (κ3) is 7.75. The fraction of sp³-hybridized carbons (Fsp3) is 0.368. The van der Waals surface area contributed by atoms with Crippen molar-refractivity contribution in [3.8, 4) is 23.0 Å². The Morgan fingerprint density at radius 2 is 1.80 bits per heavy atom. The molecule has 3 heterocycles. The topological polar surface area (TPSA) is 128 Å². The van der Waals surface area contributed by atoms with Crippen molar-refractivity contribution in [2.24, 2.45) is 5.92 Å². The highest BCUT2D eigenvalue weighted by Gasteiger charge is 2.68. The van der Waals surface area contributed by atoms with Crippen molar-refractivity contribution in [3.63, 3.8) is 0 Å². The van der Waals surface area contributed by atoms with Gasteiger partial charge >= 0.3 is 6.18 Å². The number of benzene rings is 2. The van der Waals surface area contributed by atoms with E-state index in [4.69, 9.17) is 4.52 Å². The maximum atomic E-state index is 15.3. The summed E-state index contributed by atoms with van der Waals surface area (Å²) in [5.41, 5.74) is -3.41. The van der Waals surface area contributed by atoms with Gasteiger partial charge in [-0.25, -0.2) is 22.2 Å². The maximum Gasteiger partial charge on any atom is 0.435 e. The van der Waals surface area contributed by atoms with E-state index in [0.29, 0.717) is 21.7 Å². The molecular weight excluding hydrogens is 757 g/mol. The molecule has 1 saturated carbocycles. The Kier molecular flexibility index (Phi) is 9.24. The molecule has 0 saturated heterocycles. The fourth-order valence-electron chi connectivity index (χ4n) is 7.26. The number of para-hydroxylation sites is 1. The van der Waals surface area contributed by atoms with Crippen molar-refractivity contribution < 1.29 is 53.6 Å². The van der Waals surface area contributed by atoms with Crippen LogP contribution in [0.15, 0.2) is 53.1 Å². The number of alkyl halides is 5. The van der Waals surface area contributed by atoms with E-state index in [1.165, 1.54) is 19.9 Å². The van der Waals surface area contributed by atoms with E-state index >= 15 is 8.78 Å². The van der Waals surface area contributed by atoms with Crippen molar-refractivity contribution in [2.75, 3.05) is 6.26 Å². The van der Waals surface area contributed by atoms with Gasteiger partial charge in [0.25, 0.3) is 5.92 Å². The monoisotopic (exact) mass is 788 g/mol. The summed E-state index contributed by atoms with van der Waals surface area (Å²) in [4.78, 5) is 18.6. The Labute approximate surface area is 309 Å². The van der Waals surface area contributed by atoms with Gasteiger partial charge in [-0.05, 0) is 74.4 Å². The number of Topliss-reactive ketones (excluding diaryl/α,β-unsaturated/α-hetero) is 1. The Bertz CT molecular complexity index is 2530. The average molecular weight is 789 g/mol. The molecule has 7 rings (SSSR count). The van der Waals surface area contributed by atoms with E-state index < -0.39 is 98.4 Å². The highest BCUT2D eigenvalue weighted by atomic mass is 32.2. The maximum absolute atomic E-state index is 15.3. The molecule has 3 aromatic heterocycles. The number of hydrogen-bond donors (Lipinski definition) is 1. The fourth-order valence-corrected chi connectivity index (χ4v) is 7.96. The molecule has 0 unspecified atom stereocenters. The molecule has 9 nitrogen and oxygen atoms in total. The lowest BCUT2D eigenvalue weighted by Crippen LogP contribution is -2.24. The summed E-state index contributed by atoms with van der Waals surface area (Å²) in [7, 11) is -3.55. The van der Waals surface area contributed by atoms with Crippen molar-refractivity contribution in [3.05, 3.63) is 99.8 Å². The molecule has 0 bridgehead atoms. The normalized spacial score (nSPS) is 18.1. The quantitative estimate of drug-likeness (QED) is 0.116. The van der Waals surface area contributed by atoms with Gasteiger partial charge in [0.05, 0.1) is 11.4 Å². The largest absolute Gasteiger partial charge is 0.435 e. The SMILES string of the molecule is CC(C)(O)C#Cc1ccc(-c2cccc3c(CS(C)(=O)=O)noc23)c([C@@H](CC(=O)Cn2nc(C(F)(F)F)c3c2C(F)(F)[C@@H]2C[C@H]32)Cc2cc(F)cc(F)c2)n1. The van der Waals surface area contributed by atoms with Crippen LogP contribution in [-0.4, -0.2) is 51.1 Å². The van der Waals surface area contributed by atoms with Crippen LogP contribution in [0.2, 0.25) is 0 Å². The Morgan fingerprint density at radius 1 is 1.09 bits per heavy atom. The predicted octanol–water partition coefficient (Wildman–Crippen LogP) is 7.24. The number of aromatic nitrogens is 4. The molecule has 2 aromatic carbocycles. The summed E-state index contributed by atoms with van der Waals surface area (Å²) in [5.74, 6) is -4.92. The molecule has 3 atom stereocenters. The van der Waals surface area contributed by atoms with Gasteiger partial charge in [0.15, 0.2) is 26.9 Å². The highest BCUT2D eigenvalue weighted by Crippen LogP contribution is 2.68. The minimum absolute atomic E-state index is 0.0651. The number of carbonyl (C=O) groups is 1. The number of pyridine rings is 1. The van der Waals surface area contributed by atoms with Gasteiger partial charge in [-0.15, -0.1) is 0 Å². The summed E-state index contributed by atoms with van der Waals surface area (Å²) in [6, 6.07) is 10.5. The molecule has 2 aliphatic rings. The Balaban J connectivity index is 1.36. The second kappa shape index (κ2) is 13.3. The Morgan fingerprint density at radius 3 is 2.45 bits per heavy atom. The first-order valence-electron chi connectivity index (χ1n) is 16.9. The van der Waals surface area contributed by atoms with Crippen molar-refractivity contribution in [1.82, 2.24) is 19.9 Å². The average Bonchev–Trinajstić information content (AvgIpc) is 3.54. The molecule has 2 aliphatic carbocycles. The molecular formula is C38H31F7N4O5S. The number of hydrogen-bond acceptors (Lipinski definition) is 8. The second-order valence-corrected chi connectivity index (χ2v) is 16.7. The first-order valence-corrected chi connectivity index (χ1v) is 19.0. The van der Waals surface area contributed by atoms with Crippen molar-refractivity contribution >= 4 is 26.6 Å². The summed E-state index contributed by atoms with van der Waals surface area (Å²) in [5, 5.41) is 18.0. The van der Waals surface area contributed by atoms with Gasteiger partial charge in [-0.3, -0.25) is 9.48 Å². The molecule has 1 N–H and O–H groups in total. The second-order valence-electron chi connectivity index (χ2n) is 14.6. The number of ketones is 1. The van der Waals surface area contributed by atoms with Gasteiger partial charge < -0.3 is 9.63 Å². The predicted molar refractivity (Wildman–Crippen MR) is 183 cm³/mol. The summed E-state index contributed by atoms with van der Waals surface area (Å²) >= 11 is 0. The van der Waals surface area contributed by atoms with Gasteiger partial charge in [0.2, 0.25) is 0 Å². The zero-order chi connectivity index (χ0) is 39.8. The molecule has 17 heteroatoms. The minimum Gasteiger partial charge on any atom is -0.378 e. The lowest BCUT2D eigenvalue weighted by Gasteiger charge is -2.21. The van der Waals surface area contributed by atoms with Crippen LogP contribution < -0.4 is 0 Å². The van der Waals surface area contributed by atoms with Crippen LogP contribution in [-0.2, 0) is 45.4 Å². The van der Waals surface area contributed by atoms with Crippen molar-refractivity contribution in [1.29, 1.82) is 0 Å². The number of carbonyl (C=O) groups excluding carboxylic acids is 1. The molecule has 0 spiro atoms. The molecule has 0 aliphatic heterocycles. The number of rotatable bonds is 10. The zero-order valence-electron chi connectivity index (χ0n) is 29.3. The van der Waals surface area contributed by atoms with Gasteiger partial charge in [0, 0.05) is 52.7 Å². The van der Waals surface area contributed by atoms with Crippen LogP contribution in [0.5, 0.6) is 0 Å². The van der Waals surface area contributed by atoms with Crippen LogP contribution in [0.1, 0.15) is 78.1 Å². The molecule has 0 amide bonds. The van der Waals surface area contributed by atoms with Gasteiger partial charge in [-0.2, -0.15) is 27.1 Å². The van der Waals surface area contributed by atoms with Crippen LogP contribution in [0, 0.1) is 29.4 Å². The van der Waals surface area contributed by atoms with Gasteiger partial charge in [0.1, 0.15) is 40.9 Å². The lowest BCUT2D eigenvalue weighted by molar-refractivity contribution is -0.142. The summed E-state index contributed by atoms with van der Waals surface area (Å²) in [6.45, 7) is 1.88. The number of fused-ring (bicyclic) bond motifs is 4. The van der Waals surface area contributed by atoms with E-state index in [0.717, 1.165) is 18.4 Å². The number of sulfone groups is 1. The van der Waals surface area contributed by atoms with Crippen LogP contribution in [0.4, 0.5) is 30.7 Å². The summed E-state index contributed by atoms with van der Waals surface area (Å²) < 4.78 is 132. The highest BCUT2D eigenvalue weighted by molar-refractivity contribution is 7.89. The number of halogens is 7. The smallest absolute Gasteiger partial charge is 0.378 e. The molecule has 1 fully saturated rings. The van der Waals surface area contributed by atoms with Crippen LogP contribution in [0.3, 0.4) is 0 Å². The van der Waals surface area contributed by atoms with Crippen LogP contribution in [0.25, 0.3) is 22.1 Å². The first kappa shape index (κ1) is 38.2. The van der Waals surface area contributed by atoms with E-state index in [-0.39, 0.29) is 46.6 Å². The van der Waals surface area contributed by atoms with Crippen molar-refractivity contribution in [2.45, 2.75) is 74.9 Å². The molecule has 0 radical (unpaired) electrons. The third-order valence-corrected chi connectivity index (χ3v) is 10.3. The number of aliphatic hydroxyl groups is 1. The minimum atomic E-state index is -5.05. The standard InChI is InChI=1S/C38H31F7N4O5S/c1-36(2,51)10-9-23-7-8-25(26-5-4-6-27-30(18-55(3,52)53)48-54-33(26)27)32(46-23)20(11-19-12-21(39)15-22(40)13-19)14-24(50)17-49-35-31(34(47-49)38(43,44)45)28-16-29(28)37(35,41)42/h4-8,12-13,15,20,28-29,51H,11,14,16-18H2,1-3H3/t20-,28+,29-/m1/s1. The molecule has 55 heavy (non-hydrogen) atoms. The third-order valence-electron chi connectivity index (χ3n) is 9.47. The molecule has 5 aromatic rings. The van der Waals surface area contributed by atoms with Crippen LogP contribution >= 0.6 is 0 Å². The van der Waals surface area contributed by atoms with Gasteiger partial charge in [-0.1, -0.05) is 23.2 Å². The molecule has 288 valence electrons. The Hall–Kier alpha value is -5.08. The van der Waals surface area contributed by atoms with E-state index in [1.54, 1.807) is 24.3 Å². The van der Waals surface area contributed by atoms with E-state index in [1.807, 2.05) is 0 Å². The first-order chi connectivity index (χ1) is 25.6. The summed E-state index contributed by atoms with van der Waals surface area (Å²) in [6.07, 6.45) is -5.03.